The second kappa shape index (κ2) is 5.89. The van der Waals surface area contributed by atoms with Crippen LogP contribution in [0.25, 0.3) is 0 Å². The lowest BCUT2D eigenvalue weighted by molar-refractivity contribution is -0.136. The maximum atomic E-state index is 10.4. The van der Waals surface area contributed by atoms with Gasteiger partial charge in [0.2, 0.25) is 0 Å². The first-order valence-electron chi connectivity index (χ1n) is 5.11. The number of nitriles is 1. The van der Waals surface area contributed by atoms with Gasteiger partial charge in [0.25, 0.3) is 0 Å². The lowest BCUT2D eigenvalue weighted by atomic mass is 10.0. The summed E-state index contributed by atoms with van der Waals surface area (Å²) in [6, 6.07) is 9.06. The van der Waals surface area contributed by atoms with Crippen LogP contribution in [0.3, 0.4) is 0 Å². The monoisotopic (exact) mass is 218 g/mol. The van der Waals surface area contributed by atoms with Crippen LogP contribution in [0.2, 0.25) is 0 Å². The highest BCUT2D eigenvalue weighted by atomic mass is 16.4. The third-order valence-corrected chi connectivity index (χ3v) is 2.31. The van der Waals surface area contributed by atoms with Gasteiger partial charge in [-0.25, -0.2) is 0 Å². The van der Waals surface area contributed by atoms with Crippen molar-refractivity contribution in [2.75, 3.05) is 6.54 Å². The number of nitrogens with one attached hydrogen (secondary N) is 1. The first-order valence-corrected chi connectivity index (χ1v) is 5.11. The molecular weight excluding hydrogens is 204 g/mol. The predicted molar refractivity (Wildman–Crippen MR) is 59.8 cm³/mol. The van der Waals surface area contributed by atoms with Gasteiger partial charge in [-0.15, -0.1) is 0 Å². The van der Waals surface area contributed by atoms with Crippen molar-refractivity contribution in [1.82, 2.24) is 5.32 Å². The quantitative estimate of drug-likeness (QED) is 0.785. The first kappa shape index (κ1) is 12.2. The molecule has 0 bridgehead atoms. The summed E-state index contributed by atoms with van der Waals surface area (Å²) >= 11 is 0. The fraction of sp³-hybridized carbons (Fsp3) is 0.333. The molecule has 0 saturated carbocycles. The van der Waals surface area contributed by atoms with E-state index in [2.05, 4.69) is 12.2 Å². The van der Waals surface area contributed by atoms with E-state index in [0.29, 0.717) is 0 Å². The second-order valence-electron chi connectivity index (χ2n) is 3.43. The molecular formula is C12H14N2O2. The summed E-state index contributed by atoms with van der Waals surface area (Å²) in [6.07, 6.45) is 0.944. The van der Waals surface area contributed by atoms with Gasteiger partial charge in [-0.1, -0.05) is 31.2 Å². The fourth-order valence-electron chi connectivity index (χ4n) is 1.37. The number of hydrogen-bond acceptors (Lipinski definition) is 3. The van der Waals surface area contributed by atoms with Crippen molar-refractivity contribution in [3.63, 3.8) is 0 Å². The molecule has 2 N–H and O–H groups in total. The lowest BCUT2D eigenvalue weighted by Crippen LogP contribution is -2.26. The number of carbonyl (C=O) groups is 1. The van der Waals surface area contributed by atoms with Gasteiger partial charge in [0.05, 0.1) is 12.6 Å². The molecule has 1 rings (SSSR count). The Bertz CT molecular complexity index is 392. The molecule has 84 valence electrons. The Kier molecular flexibility index (Phi) is 4.49. The molecule has 0 aliphatic heterocycles. The summed E-state index contributed by atoms with van der Waals surface area (Å²) < 4.78 is 0. The van der Waals surface area contributed by atoms with Gasteiger partial charge < -0.3 is 5.11 Å². The van der Waals surface area contributed by atoms with E-state index in [9.17, 15) is 4.79 Å². The molecule has 0 heterocycles. The van der Waals surface area contributed by atoms with Crippen LogP contribution in [0.1, 0.15) is 24.1 Å². The van der Waals surface area contributed by atoms with Crippen molar-refractivity contribution in [3.05, 3.63) is 35.4 Å². The number of benzene rings is 1. The Morgan fingerprint density at radius 2 is 2.12 bits per heavy atom. The molecule has 1 aromatic carbocycles. The summed E-state index contributed by atoms with van der Waals surface area (Å²) in [7, 11) is 0. The van der Waals surface area contributed by atoms with Gasteiger partial charge in [0, 0.05) is 0 Å². The van der Waals surface area contributed by atoms with E-state index in [0.717, 1.165) is 12.0 Å². The molecule has 0 amide bonds. The zero-order chi connectivity index (χ0) is 12.0. The maximum absolute atomic E-state index is 10.4. The van der Waals surface area contributed by atoms with E-state index in [4.69, 9.17) is 10.4 Å². The Morgan fingerprint density at radius 3 is 2.56 bits per heavy atom. The van der Waals surface area contributed by atoms with E-state index in [1.165, 1.54) is 5.56 Å². The topological polar surface area (TPSA) is 73.1 Å². The minimum Gasteiger partial charge on any atom is -0.480 e. The molecule has 0 aromatic heterocycles. The number of aliphatic carboxylic acids is 1. The van der Waals surface area contributed by atoms with Crippen LogP contribution >= 0.6 is 0 Å². The Morgan fingerprint density at radius 1 is 1.50 bits per heavy atom. The van der Waals surface area contributed by atoms with E-state index < -0.39 is 12.0 Å². The molecule has 0 aliphatic rings. The highest BCUT2D eigenvalue weighted by Gasteiger charge is 2.10. The van der Waals surface area contributed by atoms with Crippen LogP contribution < -0.4 is 5.32 Å². The van der Waals surface area contributed by atoms with Crippen LogP contribution in [0.4, 0.5) is 0 Å². The van der Waals surface area contributed by atoms with Gasteiger partial charge in [-0.2, -0.15) is 5.26 Å². The van der Waals surface area contributed by atoms with Crippen molar-refractivity contribution < 1.29 is 9.90 Å². The van der Waals surface area contributed by atoms with Gasteiger partial charge in [0.15, 0.2) is 0 Å². The lowest BCUT2D eigenvalue weighted by Gasteiger charge is -2.10. The summed E-state index contributed by atoms with van der Waals surface area (Å²) in [6.45, 7) is 1.84. The van der Waals surface area contributed by atoms with Crippen molar-refractivity contribution in [2.45, 2.75) is 19.4 Å². The van der Waals surface area contributed by atoms with Crippen LogP contribution in [-0.2, 0) is 11.2 Å². The average Bonchev–Trinajstić information content (AvgIpc) is 2.30. The Labute approximate surface area is 94.5 Å². The van der Waals surface area contributed by atoms with Crippen molar-refractivity contribution in [3.8, 4) is 6.07 Å². The van der Waals surface area contributed by atoms with Crippen LogP contribution in [0.5, 0.6) is 0 Å². The number of rotatable bonds is 5. The number of hydrogen-bond donors (Lipinski definition) is 2. The van der Waals surface area contributed by atoms with Gasteiger partial charge in [-0.3, -0.25) is 10.1 Å². The Balaban J connectivity index is 2.72. The van der Waals surface area contributed by atoms with Crippen LogP contribution in [0.15, 0.2) is 24.3 Å². The van der Waals surface area contributed by atoms with Gasteiger partial charge >= 0.3 is 5.97 Å². The highest BCUT2D eigenvalue weighted by molar-refractivity contribution is 5.69. The number of nitrogens with zero attached hydrogens (tertiary/aromatic N) is 1. The second-order valence-corrected chi connectivity index (χ2v) is 3.43. The molecule has 0 saturated heterocycles. The van der Waals surface area contributed by atoms with E-state index in [1.54, 1.807) is 0 Å². The minimum atomic E-state index is -0.967. The van der Waals surface area contributed by atoms with E-state index in [-0.39, 0.29) is 6.54 Å². The molecule has 1 aromatic rings. The normalized spacial score (nSPS) is 11.8. The van der Waals surface area contributed by atoms with Crippen LogP contribution in [-0.4, -0.2) is 17.6 Å². The summed E-state index contributed by atoms with van der Waals surface area (Å²) in [5.41, 5.74) is 1.99. The van der Waals surface area contributed by atoms with Crippen molar-refractivity contribution in [1.29, 1.82) is 5.26 Å². The third-order valence-electron chi connectivity index (χ3n) is 2.31. The number of carboxylic acid groups (broad SMARTS) is 1. The predicted octanol–water partition coefficient (Wildman–Crippen LogP) is 1.49. The zero-order valence-electron chi connectivity index (χ0n) is 9.10. The highest BCUT2D eigenvalue weighted by Crippen LogP contribution is 2.13. The number of carboxylic acids is 1. The molecule has 1 unspecified atom stereocenters. The zero-order valence-corrected chi connectivity index (χ0v) is 9.10. The Hall–Kier alpha value is -1.86. The van der Waals surface area contributed by atoms with Crippen molar-refractivity contribution >= 4 is 5.97 Å². The summed E-state index contributed by atoms with van der Waals surface area (Å²) in [5.74, 6) is -0.967. The minimum absolute atomic E-state index is 0.215. The SMILES string of the molecule is CCc1ccc(C(C#N)NCC(=O)O)cc1. The smallest absolute Gasteiger partial charge is 0.317 e. The summed E-state index contributed by atoms with van der Waals surface area (Å²) in [5, 5.41) is 20.1. The fourth-order valence-corrected chi connectivity index (χ4v) is 1.37. The molecule has 0 fully saturated rings. The maximum Gasteiger partial charge on any atom is 0.317 e. The molecule has 1 atom stereocenters. The van der Waals surface area contributed by atoms with Gasteiger partial charge in [0.1, 0.15) is 6.04 Å². The average molecular weight is 218 g/mol. The van der Waals surface area contributed by atoms with Gasteiger partial charge in [-0.05, 0) is 17.5 Å². The molecule has 4 heteroatoms. The van der Waals surface area contributed by atoms with Crippen LogP contribution in [0, 0.1) is 11.3 Å². The summed E-state index contributed by atoms with van der Waals surface area (Å²) in [4.78, 5) is 10.4. The number of aryl methyl sites for hydroxylation is 1. The largest absolute Gasteiger partial charge is 0.480 e. The van der Waals surface area contributed by atoms with E-state index >= 15 is 0 Å². The molecule has 16 heavy (non-hydrogen) atoms. The first-order chi connectivity index (χ1) is 7.67. The standard InChI is InChI=1S/C12H14N2O2/c1-2-9-3-5-10(6-4-9)11(7-13)14-8-12(15)16/h3-6,11,14H,2,8H2,1H3,(H,15,16). The molecule has 4 nitrogen and oxygen atoms in total. The van der Waals surface area contributed by atoms with E-state index in [1.807, 2.05) is 30.3 Å². The molecule has 0 aliphatic carbocycles. The molecule has 0 spiro atoms. The van der Waals surface area contributed by atoms with Crippen molar-refractivity contribution in [2.24, 2.45) is 0 Å². The third kappa shape index (κ3) is 3.37. The molecule has 0 radical (unpaired) electrons.